The monoisotopic (exact) mass is 530 g/mol. The molecule has 0 saturated carbocycles. The van der Waals surface area contributed by atoms with Gasteiger partial charge in [-0.05, 0) is 53.1 Å². The van der Waals surface area contributed by atoms with Gasteiger partial charge in [-0.2, -0.15) is 0 Å². The molecule has 5 heteroatoms. The molecule has 6 rings (SSSR count). The van der Waals surface area contributed by atoms with Gasteiger partial charge in [0.25, 0.3) is 0 Å². The molecule has 0 aromatic heterocycles. The summed E-state index contributed by atoms with van der Waals surface area (Å²) in [5.41, 5.74) is 0.854. The molecule has 0 bridgehead atoms. The molecule has 3 aromatic carbocycles. The van der Waals surface area contributed by atoms with Gasteiger partial charge in [0.2, 0.25) is 0 Å². The zero-order valence-electron chi connectivity index (χ0n) is 21.5. The van der Waals surface area contributed by atoms with Gasteiger partial charge in [0.15, 0.2) is 0 Å². The van der Waals surface area contributed by atoms with E-state index in [4.69, 9.17) is 18.6 Å². The minimum Gasteiger partial charge on any atom is -0.494 e. The Morgan fingerprint density at radius 1 is 0.462 bits per heavy atom. The zero-order chi connectivity index (χ0) is 26.4. The van der Waals surface area contributed by atoms with Crippen LogP contribution in [0.2, 0.25) is 0 Å². The van der Waals surface area contributed by atoms with Crippen LogP contribution in [0.3, 0.4) is 0 Å². The second-order valence-electron chi connectivity index (χ2n) is 9.55. The van der Waals surface area contributed by atoms with E-state index in [9.17, 15) is 0 Å². The Kier molecular flexibility index (Phi) is 7.17. The van der Waals surface area contributed by atoms with Gasteiger partial charge in [-0.1, -0.05) is 109 Å². The van der Waals surface area contributed by atoms with Crippen molar-refractivity contribution in [3.05, 3.63) is 181 Å². The van der Waals surface area contributed by atoms with E-state index < -0.39 is 31.1 Å². The SMILES string of the molecule is C1=COC([Si](OC(c2ccccc2)(c2ccccc2)c2ccccc2)(C2C=CC=CO2)C2C=CC=CO2)C=C1. The second kappa shape index (κ2) is 11.2. The first kappa shape index (κ1) is 25.0. The van der Waals surface area contributed by atoms with Crippen molar-refractivity contribution in [1.82, 2.24) is 0 Å². The Balaban J connectivity index is 1.66. The third-order valence-electron chi connectivity index (χ3n) is 7.31. The molecule has 39 heavy (non-hydrogen) atoms. The van der Waals surface area contributed by atoms with E-state index in [1.807, 2.05) is 54.7 Å². The second-order valence-corrected chi connectivity index (χ2v) is 13.2. The van der Waals surface area contributed by atoms with Crippen molar-refractivity contribution in [1.29, 1.82) is 0 Å². The number of hydrogen-bond acceptors (Lipinski definition) is 4. The van der Waals surface area contributed by atoms with Crippen molar-refractivity contribution in [2.75, 3.05) is 0 Å². The normalized spacial score (nSPS) is 22.9. The summed E-state index contributed by atoms with van der Waals surface area (Å²) >= 11 is 0. The van der Waals surface area contributed by atoms with Gasteiger partial charge in [-0.15, -0.1) is 0 Å². The maximum absolute atomic E-state index is 7.91. The molecular formula is C34H30O4Si. The van der Waals surface area contributed by atoms with Crippen LogP contribution in [0.1, 0.15) is 16.7 Å². The average molecular weight is 531 g/mol. The lowest BCUT2D eigenvalue weighted by molar-refractivity contribution is 0.0555. The standard InChI is InChI=1S/C34H30O4Si/c1-4-16-28(17-5-1)34(29-18-6-2-7-19-29,30-20-8-3-9-21-30)38-39(31-22-10-13-25-35-31,32-23-11-14-26-36-32)33-24-12-15-27-37-33/h1-27,31-33H. The molecule has 0 N–H and O–H groups in total. The van der Waals surface area contributed by atoms with E-state index in [-0.39, 0.29) is 0 Å². The fourth-order valence-electron chi connectivity index (χ4n) is 5.55. The molecule has 194 valence electrons. The first-order valence-electron chi connectivity index (χ1n) is 13.2. The van der Waals surface area contributed by atoms with E-state index in [2.05, 4.69) is 91.0 Å². The first-order valence-corrected chi connectivity index (χ1v) is 15.3. The molecule has 3 aliphatic heterocycles. The summed E-state index contributed by atoms with van der Waals surface area (Å²) in [5.74, 6) is 0. The Bertz CT molecular complexity index is 1250. The molecule has 3 atom stereocenters. The van der Waals surface area contributed by atoms with Crippen LogP contribution in [0.25, 0.3) is 0 Å². The number of hydrogen-bond donors (Lipinski definition) is 0. The molecule has 3 unspecified atom stereocenters. The van der Waals surface area contributed by atoms with E-state index in [0.29, 0.717) is 0 Å². The average Bonchev–Trinajstić information content (AvgIpc) is 3.04. The molecule has 0 saturated heterocycles. The molecule has 3 aliphatic rings. The van der Waals surface area contributed by atoms with Crippen LogP contribution in [0.15, 0.2) is 164 Å². The van der Waals surface area contributed by atoms with Gasteiger partial charge in [-0.3, -0.25) is 0 Å². The lowest BCUT2D eigenvalue weighted by Crippen LogP contribution is -2.70. The smallest absolute Gasteiger partial charge is 0.332 e. The molecule has 0 aliphatic carbocycles. The Hall–Kier alpha value is -4.32. The van der Waals surface area contributed by atoms with Gasteiger partial charge >= 0.3 is 8.32 Å². The van der Waals surface area contributed by atoms with Crippen molar-refractivity contribution in [3.8, 4) is 0 Å². The van der Waals surface area contributed by atoms with E-state index in [1.165, 1.54) is 0 Å². The van der Waals surface area contributed by atoms with Crippen LogP contribution in [-0.2, 0) is 24.2 Å². The van der Waals surface area contributed by atoms with Crippen LogP contribution in [0.5, 0.6) is 0 Å². The lowest BCUT2D eigenvalue weighted by atomic mass is 9.80. The summed E-state index contributed by atoms with van der Waals surface area (Å²) < 4.78 is 27.1. The summed E-state index contributed by atoms with van der Waals surface area (Å²) in [7, 11) is -3.36. The van der Waals surface area contributed by atoms with Crippen LogP contribution >= 0.6 is 0 Å². The summed E-state index contributed by atoms with van der Waals surface area (Å²) in [4.78, 5) is 0. The molecule has 3 heterocycles. The third-order valence-corrected chi connectivity index (χ3v) is 11.6. The van der Waals surface area contributed by atoms with Crippen molar-refractivity contribution >= 4 is 8.32 Å². The van der Waals surface area contributed by atoms with Crippen molar-refractivity contribution in [2.24, 2.45) is 0 Å². The number of allylic oxidation sites excluding steroid dienone is 6. The largest absolute Gasteiger partial charge is 0.494 e. The minimum absolute atomic E-state index is 0.402. The minimum atomic E-state index is -3.36. The van der Waals surface area contributed by atoms with E-state index in [0.717, 1.165) is 16.7 Å². The van der Waals surface area contributed by atoms with Crippen LogP contribution in [0.4, 0.5) is 0 Å². The summed E-state index contributed by atoms with van der Waals surface area (Å²) in [5, 5.41) is 0. The number of rotatable bonds is 8. The molecule has 0 spiro atoms. The van der Waals surface area contributed by atoms with Crippen molar-refractivity contribution in [2.45, 2.75) is 22.8 Å². The molecular weight excluding hydrogens is 500 g/mol. The molecule has 3 aromatic rings. The van der Waals surface area contributed by atoms with Crippen LogP contribution in [-0.4, -0.2) is 25.5 Å². The first-order chi connectivity index (χ1) is 19.3. The van der Waals surface area contributed by atoms with Gasteiger partial charge in [0, 0.05) is 0 Å². The summed E-state index contributed by atoms with van der Waals surface area (Å²) in [6.45, 7) is 0. The molecule has 0 amide bonds. The van der Waals surface area contributed by atoms with Gasteiger partial charge in [0.05, 0.1) is 18.8 Å². The van der Waals surface area contributed by atoms with Crippen LogP contribution < -0.4 is 0 Å². The Morgan fingerprint density at radius 2 is 0.795 bits per heavy atom. The summed E-state index contributed by atoms with van der Waals surface area (Å²) in [6, 6.07) is 31.2. The van der Waals surface area contributed by atoms with Gasteiger partial charge in [0.1, 0.15) is 22.8 Å². The van der Waals surface area contributed by atoms with E-state index >= 15 is 0 Å². The topological polar surface area (TPSA) is 36.9 Å². The fourth-order valence-corrected chi connectivity index (χ4v) is 9.86. The lowest BCUT2D eigenvalue weighted by Gasteiger charge is -2.50. The molecule has 4 nitrogen and oxygen atoms in total. The predicted molar refractivity (Wildman–Crippen MR) is 156 cm³/mol. The van der Waals surface area contributed by atoms with Crippen molar-refractivity contribution in [3.63, 3.8) is 0 Å². The maximum Gasteiger partial charge on any atom is 0.332 e. The molecule has 0 radical (unpaired) electrons. The highest BCUT2D eigenvalue weighted by molar-refractivity contribution is 6.79. The quantitative estimate of drug-likeness (QED) is 0.233. The molecule has 0 fully saturated rings. The van der Waals surface area contributed by atoms with Gasteiger partial charge < -0.3 is 18.6 Å². The zero-order valence-corrected chi connectivity index (χ0v) is 22.5. The third kappa shape index (κ3) is 4.60. The van der Waals surface area contributed by atoms with Gasteiger partial charge in [-0.25, -0.2) is 0 Å². The fraction of sp³-hybridized carbons (Fsp3) is 0.118. The van der Waals surface area contributed by atoms with E-state index in [1.54, 1.807) is 18.8 Å². The van der Waals surface area contributed by atoms with Crippen molar-refractivity contribution < 1.29 is 18.6 Å². The number of benzene rings is 3. The van der Waals surface area contributed by atoms with Crippen LogP contribution in [0, 0.1) is 0 Å². The predicted octanol–water partition coefficient (Wildman–Crippen LogP) is 6.96. The Morgan fingerprint density at radius 3 is 1.08 bits per heavy atom. The highest BCUT2D eigenvalue weighted by Gasteiger charge is 2.63. The highest BCUT2D eigenvalue weighted by atomic mass is 28.4. The highest BCUT2D eigenvalue weighted by Crippen LogP contribution is 2.46. The maximum atomic E-state index is 7.91. The number of ether oxygens (including phenoxy) is 3. The summed E-state index contributed by atoms with van der Waals surface area (Å²) in [6.07, 6.45) is 23.1. The Labute approximate surface area is 230 Å².